The Labute approximate surface area is 117 Å². The first-order valence-corrected chi connectivity index (χ1v) is 7.21. The number of H-pyrrole nitrogens is 1. The Bertz CT molecular complexity index is 711. The Balaban J connectivity index is 2.27. The van der Waals surface area contributed by atoms with E-state index in [4.69, 9.17) is 12.2 Å². The third-order valence-corrected chi connectivity index (χ3v) is 4.59. The highest BCUT2D eigenvalue weighted by Gasteiger charge is 2.30. The summed E-state index contributed by atoms with van der Waals surface area (Å²) < 4.78 is 2.97. The molecule has 1 aliphatic rings. The van der Waals surface area contributed by atoms with Crippen molar-refractivity contribution in [3.63, 3.8) is 0 Å². The fourth-order valence-corrected chi connectivity index (χ4v) is 3.72. The van der Waals surface area contributed by atoms with Crippen LogP contribution in [0.4, 0.5) is 0 Å². The van der Waals surface area contributed by atoms with E-state index in [-0.39, 0.29) is 5.54 Å². The average molecular weight is 271 g/mol. The number of nitriles is 1. The van der Waals surface area contributed by atoms with Gasteiger partial charge in [0.1, 0.15) is 6.07 Å². The van der Waals surface area contributed by atoms with Gasteiger partial charge < -0.3 is 9.55 Å². The lowest BCUT2D eigenvalue weighted by Crippen LogP contribution is -2.32. The maximum Gasteiger partial charge on any atom is 0.178 e. The number of fused-ring (bicyclic) bond motifs is 1. The molecule has 98 valence electrons. The van der Waals surface area contributed by atoms with Crippen LogP contribution < -0.4 is 0 Å². The van der Waals surface area contributed by atoms with Gasteiger partial charge in [-0.3, -0.25) is 0 Å². The minimum absolute atomic E-state index is 0.0850. The molecule has 1 aliphatic carbocycles. The Kier molecular flexibility index (Phi) is 2.94. The number of imidazole rings is 1. The number of rotatable bonds is 1. The van der Waals surface area contributed by atoms with Crippen molar-refractivity contribution in [3.8, 4) is 6.07 Å². The molecule has 1 heterocycles. The molecule has 3 rings (SSSR count). The highest BCUT2D eigenvalue weighted by molar-refractivity contribution is 7.71. The van der Waals surface area contributed by atoms with E-state index in [1.165, 1.54) is 19.3 Å². The average Bonchev–Trinajstić information content (AvgIpc) is 2.76. The normalized spacial score (nSPS) is 18.3. The zero-order valence-electron chi connectivity index (χ0n) is 11.1. The molecule has 3 nitrogen and oxygen atoms in total. The fourth-order valence-electron chi connectivity index (χ4n) is 3.30. The van der Waals surface area contributed by atoms with Crippen LogP contribution in [0.1, 0.15) is 44.6 Å². The number of nitrogens with zero attached hydrogens (tertiary/aromatic N) is 2. The van der Waals surface area contributed by atoms with E-state index in [9.17, 15) is 5.26 Å². The number of nitrogens with one attached hydrogen (secondary N) is 1. The van der Waals surface area contributed by atoms with Crippen LogP contribution in [0.5, 0.6) is 0 Å². The zero-order valence-corrected chi connectivity index (χ0v) is 11.9. The van der Waals surface area contributed by atoms with Crippen molar-refractivity contribution in [2.24, 2.45) is 0 Å². The second-order valence-corrected chi connectivity index (χ2v) is 6.02. The van der Waals surface area contributed by atoms with E-state index >= 15 is 0 Å². The van der Waals surface area contributed by atoms with Crippen LogP contribution in [0.15, 0.2) is 18.2 Å². The summed E-state index contributed by atoms with van der Waals surface area (Å²) >= 11 is 5.51. The molecule has 0 spiro atoms. The first-order valence-electron chi connectivity index (χ1n) is 6.80. The second kappa shape index (κ2) is 4.50. The van der Waals surface area contributed by atoms with Crippen LogP contribution >= 0.6 is 12.2 Å². The first-order chi connectivity index (χ1) is 9.15. The zero-order chi connectivity index (χ0) is 13.5. The maximum absolute atomic E-state index is 9.20. The number of aromatic amines is 1. The van der Waals surface area contributed by atoms with Gasteiger partial charge in [-0.2, -0.15) is 5.26 Å². The SMILES string of the molecule is CC1(n2c(=S)[nH]c3c(C#N)cccc32)CCCCC1. The molecule has 0 radical (unpaired) electrons. The Hall–Kier alpha value is -1.60. The molecule has 0 aliphatic heterocycles. The lowest BCUT2D eigenvalue weighted by Gasteiger charge is -2.35. The third kappa shape index (κ3) is 1.89. The lowest BCUT2D eigenvalue weighted by atomic mass is 9.83. The van der Waals surface area contributed by atoms with Crippen molar-refractivity contribution in [3.05, 3.63) is 28.5 Å². The van der Waals surface area contributed by atoms with Crippen LogP contribution in [-0.4, -0.2) is 9.55 Å². The molecule has 0 amide bonds. The van der Waals surface area contributed by atoms with Crippen LogP contribution in [0.25, 0.3) is 11.0 Å². The molecule has 2 aromatic rings. The summed E-state index contributed by atoms with van der Waals surface area (Å²) in [5, 5.41) is 9.20. The van der Waals surface area contributed by atoms with Crippen LogP contribution in [0.3, 0.4) is 0 Å². The maximum atomic E-state index is 9.20. The summed E-state index contributed by atoms with van der Waals surface area (Å²) in [6.45, 7) is 2.29. The monoisotopic (exact) mass is 271 g/mol. The summed E-state index contributed by atoms with van der Waals surface area (Å²) in [5.41, 5.74) is 2.69. The van der Waals surface area contributed by atoms with E-state index in [0.29, 0.717) is 5.56 Å². The second-order valence-electron chi connectivity index (χ2n) is 5.63. The summed E-state index contributed by atoms with van der Waals surface area (Å²) in [7, 11) is 0. The number of benzene rings is 1. The van der Waals surface area contributed by atoms with E-state index in [1.807, 2.05) is 12.1 Å². The summed E-state index contributed by atoms with van der Waals surface area (Å²) in [4.78, 5) is 3.22. The van der Waals surface area contributed by atoms with Gasteiger partial charge in [-0.25, -0.2) is 0 Å². The van der Waals surface area contributed by atoms with Gasteiger partial charge in [-0.05, 0) is 44.1 Å². The highest BCUT2D eigenvalue weighted by Crippen LogP contribution is 2.37. The smallest absolute Gasteiger partial charge is 0.178 e. The van der Waals surface area contributed by atoms with Crippen LogP contribution in [-0.2, 0) is 5.54 Å². The first kappa shape index (κ1) is 12.4. The molecular weight excluding hydrogens is 254 g/mol. The van der Waals surface area contributed by atoms with Gasteiger partial charge in [0.2, 0.25) is 0 Å². The number of aromatic nitrogens is 2. The van der Waals surface area contributed by atoms with Gasteiger partial charge in [0.05, 0.1) is 16.6 Å². The van der Waals surface area contributed by atoms with Gasteiger partial charge in [0.15, 0.2) is 4.77 Å². The fraction of sp³-hybridized carbons (Fsp3) is 0.467. The third-order valence-electron chi connectivity index (χ3n) is 4.31. The summed E-state index contributed by atoms with van der Waals surface area (Å²) in [6, 6.07) is 8.06. The highest BCUT2D eigenvalue weighted by atomic mass is 32.1. The summed E-state index contributed by atoms with van der Waals surface area (Å²) in [5.74, 6) is 0. The number of hydrogen-bond acceptors (Lipinski definition) is 2. The Morgan fingerprint density at radius 2 is 2.05 bits per heavy atom. The van der Waals surface area contributed by atoms with Gasteiger partial charge in [0, 0.05) is 5.54 Å². The molecule has 1 saturated carbocycles. The van der Waals surface area contributed by atoms with Gasteiger partial charge in [-0.1, -0.05) is 25.3 Å². The molecule has 0 saturated heterocycles. The van der Waals surface area contributed by atoms with Crippen molar-refractivity contribution < 1.29 is 0 Å². The van der Waals surface area contributed by atoms with Crippen molar-refractivity contribution >= 4 is 23.3 Å². The molecule has 0 atom stereocenters. The molecule has 1 aromatic heterocycles. The molecule has 19 heavy (non-hydrogen) atoms. The van der Waals surface area contributed by atoms with Crippen molar-refractivity contribution in [1.29, 1.82) is 5.26 Å². The minimum Gasteiger partial charge on any atom is -0.329 e. The van der Waals surface area contributed by atoms with E-state index in [0.717, 1.165) is 28.6 Å². The van der Waals surface area contributed by atoms with Crippen LogP contribution in [0.2, 0.25) is 0 Å². The van der Waals surface area contributed by atoms with Gasteiger partial charge >= 0.3 is 0 Å². The molecule has 0 unspecified atom stereocenters. The van der Waals surface area contributed by atoms with E-state index in [1.54, 1.807) is 0 Å². The molecule has 1 aromatic carbocycles. The quantitative estimate of drug-likeness (QED) is 0.788. The number of para-hydroxylation sites is 1. The van der Waals surface area contributed by atoms with Crippen LogP contribution in [0, 0.1) is 16.1 Å². The van der Waals surface area contributed by atoms with Crippen molar-refractivity contribution in [2.75, 3.05) is 0 Å². The van der Waals surface area contributed by atoms with Gasteiger partial charge in [0.25, 0.3) is 0 Å². The standard InChI is InChI=1S/C15H17N3S/c1-15(8-3-2-4-9-15)18-12-7-5-6-11(10-16)13(12)17-14(18)19/h5-7H,2-4,8-9H2,1H3,(H,17,19). The lowest BCUT2D eigenvalue weighted by molar-refractivity contribution is 0.222. The van der Waals surface area contributed by atoms with Crippen molar-refractivity contribution in [1.82, 2.24) is 9.55 Å². The summed E-state index contributed by atoms with van der Waals surface area (Å²) in [6.07, 6.45) is 6.14. The Morgan fingerprint density at radius 3 is 2.74 bits per heavy atom. The largest absolute Gasteiger partial charge is 0.329 e. The predicted molar refractivity (Wildman–Crippen MR) is 78.6 cm³/mol. The number of hydrogen-bond donors (Lipinski definition) is 1. The van der Waals surface area contributed by atoms with E-state index < -0.39 is 0 Å². The minimum atomic E-state index is 0.0850. The van der Waals surface area contributed by atoms with Crippen molar-refractivity contribution in [2.45, 2.75) is 44.6 Å². The molecule has 1 fully saturated rings. The van der Waals surface area contributed by atoms with E-state index in [2.05, 4.69) is 28.6 Å². The topological polar surface area (TPSA) is 44.5 Å². The Morgan fingerprint density at radius 1 is 1.32 bits per heavy atom. The molecular formula is C15H17N3S. The molecule has 1 N–H and O–H groups in total. The van der Waals surface area contributed by atoms with Gasteiger partial charge in [-0.15, -0.1) is 0 Å². The molecule has 4 heteroatoms. The predicted octanol–water partition coefficient (Wildman–Crippen LogP) is 4.25. The molecule has 0 bridgehead atoms.